The summed E-state index contributed by atoms with van der Waals surface area (Å²) in [5, 5.41) is 0.354. The zero-order valence-corrected chi connectivity index (χ0v) is 10.2. The van der Waals surface area contributed by atoms with Gasteiger partial charge in [-0.1, -0.05) is 23.7 Å². The topological polar surface area (TPSA) is 43.4 Å². The third-order valence-corrected chi connectivity index (χ3v) is 2.39. The van der Waals surface area contributed by atoms with Crippen molar-refractivity contribution in [3.8, 4) is 0 Å². The number of ether oxygens (including phenoxy) is 1. The number of benzene rings is 1. The van der Waals surface area contributed by atoms with Crippen LogP contribution in [-0.4, -0.2) is 17.4 Å². The Kier molecular flexibility index (Phi) is 3.70. The molecular formula is C12H13ClO3. The van der Waals surface area contributed by atoms with E-state index in [-0.39, 0.29) is 5.78 Å². The number of esters is 1. The molecule has 0 aliphatic heterocycles. The summed E-state index contributed by atoms with van der Waals surface area (Å²) >= 11 is 5.90. The minimum Gasteiger partial charge on any atom is -0.451 e. The van der Waals surface area contributed by atoms with Gasteiger partial charge in [-0.05, 0) is 26.0 Å². The lowest BCUT2D eigenvalue weighted by Crippen LogP contribution is -2.36. The van der Waals surface area contributed by atoms with Crippen molar-refractivity contribution in [3.05, 3.63) is 34.9 Å². The van der Waals surface area contributed by atoms with E-state index in [9.17, 15) is 9.59 Å². The highest BCUT2D eigenvalue weighted by molar-refractivity contribution is 6.34. The van der Waals surface area contributed by atoms with E-state index >= 15 is 0 Å². The van der Waals surface area contributed by atoms with Crippen LogP contribution in [0.15, 0.2) is 24.3 Å². The highest BCUT2D eigenvalue weighted by atomic mass is 35.5. The van der Waals surface area contributed by atoms with Gasteiger partial charge in [0.15, 0.2) is 5.60 Å². The second kappa shape index (κ2) is 4.66. The summed E-state index contributed by atoms with van der Waals surface area (Å²) in [5.41, 5.74) is -0.841. The van der Waals surface area contributed by atoms with Gasteiger partial charge in [0, 0.05) is 12.5 Å². The lowest BCUT2D eigenvalue weighted by atomic mass is 9.96. The SMILES string of the molecule is CC(=O)OC(C)(C)C(=O)c1ccccc1Cl. The third-order valence-electron chi connectivity index (χ3n) is 2.06. The Morgan fingerprint density at radius 2 is 1.81 bits per heavy atom. The number of carbonyl (C=O) groups is 2. The first kappa shape index (κ1) is 12.7. The van der Waals surface area contributed by atoms with Crippen LogP contribution in [0.4, 0.5) is 0 Å². The van der Waals surface area contributed by atoms with Crippen LogP contribution < -0.4 is 0 Å². The molecule has 3 nitrogen and oxygen atoms in total. The predicted molar refractivity (Wildman–Crippen MR) is 61.6 cm³/mol. The number of carbonyl (C=O) groups excluding carboxylic acids is 2. The van der Waals surface area contributed by atoms with Crippen molar-refractivity contribution in [3.63, 3.8) is 0 Å². The van der Waals surface area contributed by atoms with Crippen LogP contribution in [0.25, 0.3) is 0 Å². The van der Waals surface area contributed by atoms with Gasteiger partial charge in [-0.15, -0.1) is 0 Å². The molecule has 0 N–H and O–H groups in total. The summed E-state index contributed by atoms with van der Waals surface area (Å²) in [6, 6.07) is 6.68. The van der Waals surface area contributed by atoms with Gasteiger partial charge in [0.2, 0.25) is 5.78 Å². The second-order valence-electron chi connectivity index (χ2n) is 3.91. The molecule has 0 fully saturated rings. The van der Waals surface area contributed by atoms with Gasteiger partial charge in [0.1, 0.15) is 0 Å². The molecule has 0 saturated heterocycles. The third kappa shape index (κ3) is 2.83. The van der Waals surface area contributed by atoms with Gasteiger partial charge in [0.05, 0.1) is 5.02 Å². The molecule has 16 heavy (non-hydrogen) atoms. The molecule has 0 unspecified atom stereocenters. The fourth-order valence-electron chi connectivity index (χ4n) is 1.38. The van der Waals surface area contributed by atoms with Gasteiger partial charge in [0.25, 0.3) is 0 Å². The summed E-state index contributed by atoms with van der Waals surface area (Å²) in [7, 11) is 0. The van der Waals surface area contributed by atoms with Crippen molar-refractivity contribution in [2.75, 3.05) is 0 Å². The number of rotatable bonds is 3. The van der Waals surface area contributed by atoms with E-state index < -0.39 is 11.6 Å². The van der Waals surface area contributed by atoms with E-state index in [1.807, 2.05) is 0 Å². The molecule has 0 heterocycles. The molecule has 0 saturated carbocycles. The van der Waals surface area contributed by atoms with Crippen LogP contribution in [0, 0.1) is 0 Å². The second-order valence-corrected chi connectivity index (χ2v) is 4.32. The largest absolute Gasteiger partial charge is 0.451 e. The van der Waals surface area contributed by atoms with E-state index in [0.717, 1.165) is 0 Å². The summed E-state index contributed by atoms with van der Waals surface area (Å²) in [6.07, 6.45) is 0. The number of Topliss-reactive ketones (excluding diaryl/α,β-unsaturated/α-hetero) is 1. The Labute approximate surface area is 99.4 Å². The summed E-state index contributed by atoms with van der Waals surface area (Å²) < 4.78 is 4.96. The van der Waals surface area contributed by atoms with Gasteiger partial charge in [-0.25, -0.2) is 0 Å². The summed E-state index contributed by atoms with van der Waals surface area (Å²) in [6.45, 7) is 4.35. The first-order valence-electron chi connectivity index (χ1n) is 4.83. The molecule has 1 aromatic carbocycles. The van der Waals surface area contributed by atoms with Crippen LogP contribution in [-0.2, 0) is 9.53 Å². The fraction of sp³-hybridized carbons (Fsp3) is 0.333. The molecule has 0 aliphatic rings. The minimum absolute atomic E-state index is 0.312. The molecule has 1 aromatic rings. The van der Waals surface area contributed by atoms with Gasteiger partial charge in [-0.2, -0.15) is 0 Å². The summed E-state index contributed by atoms with van der Waals surface area (Å²) in [4.78, 5) is 22.9. The molecule has 0 aliphatic carbocycles. The Morgan fingerprint density at radius 1 is 1.25 bits per heavy atom. The molecule has 0 amide bonds. The summed E-state index contributed by atoms with van der Waals surface area (Å²) in [5.74, 6) is -0.807. The van der Waals surface area contributed by atoms with Crippen LogP contribution in [0.1, 0.15) is 31.1 Å². The van der Waals surface area contributed by atoms with E-state index in [0.29, 0.717) is 10.6 Å². The highest BCUT2D eigenvalue weighted by Gasteiger charge is 2.32. The van der Waals surface area contributed by atoms with Crippen LogP contribution in [0.3, 0.4) is 0 Å². The van der Waals surface area contributed by atoms with Gasteiger partial charge < -0.3 is 4.74 Å². The highest BCUT2D eigenvalue weighted by Crippen LogP contribution is 2.23. The number of hydrogen-bond acceptors (Lipinski definition) is 3. The van der Waals surface area contributed by atoms with Crippen LogP contribution in [0.5, 0.6) is 0 Å². The van der Waals surface area contributed by atoms with Gasteiger partial charge >= 0.3 is 5.97 Å². The van der Waals surface area contributed by atoms with E-state index in [1.54, 1.807) is 38.1 Å². The first-order valence-corrected chi connectivity index (χ1v) is 5.21. The molecule has 86 valence electrons. The average Bonchev–Trinajstić information content (AvgIpc) is 2.15. The maximum atomic E-state index is 12.1. The molecule has 1 rings (SSSR count). The van der Waals surface area contributed by atoms with Crippen LogP contribution in [0.2, 0.25) is 5.02 Å². The Bertz CT molecular complexity index is 424. The quantitative estimate of drug-likeness (QED) is 0.603. The zero-order valence-electron chi connectivity index (χ0n) is 9.41. The monoisotopic (exact) mass is 240 g/mol. The maximum absolute atomic E-state index is 12.1. The van der Waals surface area contributed by atoms with Crippen LogP contribution >= 0.6 is 11.6 Å². The first-order chi connectivity index (χ1) is 7.34. The normalized spacial score (nSPS) is 11.0. The maximum Gasteiger partial charge on any atom is 0.303 e. The molecule has 0 radical (unpaired) electrons. The van der Waals surface area contributed by atoms with E-state index in [4.69, 9.17) is 16.3 Å². The molecule has 4 heteroatoms. The molecule has 0 bridgehead atoms. The molecule has 0 aromatic heterocycles. The Morgan fingerprint density at radius 3 is 2.31 bits per heavy atom. The van der Waals surface area contributed by atoms with Crippen molar-refractivity contribution >= 4 is 23.4 Å². The lowest BCUT2D eigenvalue weighted by molar-refractivity contribution is -0.149. The van der Waals surface area contributed by atoms with Crippen molar-refractivity contribution in [1.29, 1.82) is 0 Å². The van der Waals surface area contributed by atoms with E-state index in [2.05, 4.69) is 0 Å². The van der Waals surface area contributed by atoms with Crippen molar-refractivity contribution in [2.45, 2.75) is 26.4 Å². The lowest BCUT2D eigenvalue weighted by Gasteiger charge is -2.23. The molecular weight excluding hydrogens is 228 g/mol. The Hall–Kier alpha value is -1.35. The van der Waals surface area contributed by atoms with Gasteiger partial charge in [-0.3, -0.25) is 9.59 Å². The minimum atomic E-state index is -1.20. The average molecular weight is 241 g/mol. The zero-order chi connectivity index (χ0) is 12.3. The fourth-order valence-corrected chi connectivity index (χ4v) is 1.60. The molecule has 0 spiro atoms. The van der Waals surface area contributed by atoms with E-state index in [1.165, 1.54) is 6.92 Å². The predicted octanol–water partition coefficient (Wildman–Crippen LogP) is 2.86. The molecule has 0 atom stereocenters. The Balaban J connectivity index is 3.02. The number of hydrogen-bond donors (Lipinski definition) is 0. The van der Waals surface area contributed by atoms with Crippen molar-refractivity contribution in [2.24, 2.45) is 0 Å². The number of ketones is 1. The van der Waals surface area contributed by atoms with Crippen molar-refractivity contribution < 1.29 is 14.3 Å². The van der Waals surface area contributed by atoms with Crippen molar-refractivity contribution in [1.82, 2.24) is 0 Å². The smallest absolute Gasteiger partial charge is 0.303 e. The standard InChI is InChI=1S/C12H13ClO3/c1-8(14)16-12(2,3)11(15)9-6-4-5-7-10(9)13/h4-7H,1-3H3. The number of halogens is 1.